The van der Waals surface area contributed by atoms with Crippen molar-refractivity contribution >= 4 is 29.3 Å². The van der Waals surface area contributed by atoms with Crippen LogP contribution in [-0.2, 0) is 14.3 Å². The van der Waals surface area contributed by atoms with E-state index in [1.54, 1.807) is 24.3 Å². The number of hydrogen-bond donors (Lipinski definition) is 3. The third kappa shape index (κ3) is 8.10. The Bertz CT molecular complexity index is 1010. The van der Waals surface area contributed by atoms with Crippen LogP contribution in [0.4, 0.5) is 16.2 Å². The standard InChI is InChI=1S/C24H28N4O5/c1-4-14-33-23(30)22(29)27-26-19-8-10-20(11-9-19)28(24(25)31)13-5-6-15-32-21-12-7-17(2)16-18(21)3/h1,7-12,16,26H,5-6,13-15H2,2-3H3,(H2,25,31)(H,27,29). The van der Waals surface area contributed by atoms with Crippen molar-refractivity contribution in [3.05, 3.63) is 53.6 Å². The van der Waals surface area contributed by atoms with Gasteiger partial charge in [-0.15, -0.1) is 6.42 Å². The zero-order chi connectivity index (χ0) is 24.2. The largest absolute Gasteiger partial charge is 0.493 e. The summed E-state index contributed by atoms with van der Waals surface area (Å²) in [7, 11) is 0. The predicted molar refractivity (Wildman–Crippen MR) is 126 cm³/mol. The van der Waals surface area contributed by atoms with E-state index in [0.29, 0.717) is 30.9 Å². The first-order chi connectivity index (χ1) is 15.8. The lowest BCUT2D eigenvalue weighted by Crippen LogP contribution is -2.37. The number of aryl methyl sites for hydroxylation is 2. The average Bonchev–Trinajstić information content (AvgIpc) is 2.79. The topological polar surface area (TPSA) is 123 Å². The quantitative estimate of drug-likeness (QED) is 0.167. The number of carbonyl (C=O) groups is 3. The van der Waals surface area contributed by atoms with Gasteiger partial charge in [0, 0.05) is 12.2 Å². The highest BCUT2D eigenvalue weighted by molar-refractivity contribution is 6.32. The van der Waals surface area contributed by atoms with Crippen LogP contribution in [0.1, 0.15) is 24.0 Å². The second kappa shape index (κ2) is 12.6. The van der Waals surface area contributed by atoms with Crippen LogP contribution < -0.4 is 26.2 Å². The third-order valence-electron chi connectivity index (χ3n) is 4.60. The molecule has 9 heteroatoms. The number of nitrogens with one attached hydrogen (secondary N) is 2. The predicted octanol–water partition coefficient (Wildman–Crippen LogP) is 2.67. The van der Waals surface area contributed by atoms with E-state index in [2.05, 4.69) is 27.6 Å². The van der Waals surface area contributed by atoms with Gasteiger partial charge in [-0.05, 0) is 62.6 Å². The Morgan fingerprint density at radius 1 is 1.09 bits per heavy atom. The Balaban J connectivity index is 1.81. The Hall–Kier alpha value is -4.19. The zero-order valence-electron chi connectivity index (χ0n) is 18.7. The summed E-state index contributed by atoms with van der Waals surface area (Å²) in [6.45, 7) is 4.71. The smallest absolute Gasteiger partial charge is 0.399 e. The molecule has 0 spiro atoms. The van der Waals surface area contributed by atoms with E-state index in [1.807, 2.05) is 26.0 Å². The molecule has 0 aliphatic carbocycles. The summed E-state index contributed by atoms with van der Waals surface area (Å²) in [5.74, 6) is 0.858. The highest BCUT2D eigenvalue weighted by Crippen LogP contribution is 2.20. The fraction of sp³-hybridized carbons (Fsp3) is 0.292. The Labute approximate surface area is 193 Å². The number of benzene rings is 2. The van der Waals surface area contributed by atoms with Gasteiger partial charge in [-0.1, -0.05) is 23.6 Å². The number of rotatable bonds is 10. The van der Waals surface area contributed by atoms with E-state index in [-0.39, 0.29) is 6.61 Å². The Morgan fingerprint density at radius 3 is 2.45 bits per heavy atom. The van der Waals surface area contributed by atoms with E-state index in [9.17, 15) is 14.4 Å². The average molecular weight is 453 g/mol. The van der Waals surface area contributed by atoms with Crippen molar-refractivity contribution in [3.8, 4) is 18.1 Å². The number of hydrogen-bond acceptors (Lipinski definition) is 6. The van der Waals surface area contributed by atoms with Gasteiger partial charge in [0.05, 0.1) is 12.3 Å². The van der Waals surface area contributed by atoms with E-state index in [0.717, 1.165) is 17.7 Å². The molecule has 0 atom stereocenters. The fourth-order valence-electron chi connectivity index (χ4n) is 2.96. The first kappa shape index (κ1) is 25.1. The molecule has 174 valence electrons. The molecule has 3 amide bonds. The lowest BCUT2D eigenvalue weighted by atomic mass is 10.1. The first-order valence-corrected chi connectivity index (χ1v) is 10.4. The van der Waals surface area contributed by atoms with Crippen LogP contribution in [0.15, 0.2) is 42.5 Å². The maximum absolute atomic E-state index is 11.9. The van der Waals surface area contributed by atoms with Gasteiger partial charge in [-0.3, -0.25) is 20.5 Å². The van der Waals surface area contributed by atoms with Gasteiger partial charge in [0.25, 0.3) is 0 Å². The Morgan fingerprint density at radius 2 is 1.82 bits per heavy atom. The van der Waals surface area contributed by atoms with E-state index >= 15 is 0 Å². The van der Waals surface area contributed by atoms with Gasteiger partial charge in [0.15, 0.2) is 6.61 Å². The molecule has 0 saturated carbocycles. The van der Waals surface area contributed by atoms with E-state index in [4.69, 9.17) is 16.9 Å². The minimum atomic E-state index is -1.10. The second-order valence-corrected chi connectivity index (χ2v) is 7.22. The molecule has 0 fully saturated rings. The normalized spacial score (nSPS) is 9.97. The molecule has 2 aromatic rings. The van der Waals surface area contributed by atoms with E-state index in [1.165, 1.54) is 10.5 Å². The van der Waals surface area contributed by atoms with Gasteiger partial charge < -0.3 is 15.2 Å². The Kier molecular flexibility index (Phi) is 9.58. The molecule has 0 unspecified atom stereocenters. The fourth-order valence-corrected chi connectivity index (χ4v) is 2.96. The molecule has 0 radical (unpaired) electrons. The van der Waals surface area contributed by atoms with Gasteiger partial charge in [0.1, 0.15) is 5.75 Å². The zero-order valence-corrected chi connectivity index (χ0v) is 18.7. The number of anilines is 2. The number of primary amides is 1. The van der Waals surface area contributed by atoms with Crippen LogP contribution in [0.2, 0.25) is 0 Å². The van der Waals surface area contributed by atoms with Crippen LogP contribution in [0.3, 0.4) is 0 Å². The summed E-state index contributed by atoms with van der Waals surface area (Å²) in [5, 5.41) is 0. The third-order valence-corrected chi connectivity index (χ3v) is 4.60. The van der Waals surface area contributed by atoms with Crippen molar-refractivity contribution in [3.63, 3.8) is 0 Å². The minimum absolute atomic E-state index is 0.290. The molecule has 0 bridgehead atoms. The molecular weight excluding hydrogens is 424 g/mol. The summed E-state index contributed by atoms with van der Waals surface area (Å²) in [5.41, 5.74) is 13.7. The maximum Gasteiger partial charge on any atom is 0.399 e. The van der Waals surface area contributed by atoms with Crippen molar-refractivity contribution in [2.24, 2.45) is 5.73 Å². The summed E-state index contributed by atoms with van der Waals surface area (Å²) in [4.78, 5) is 36.3. The van der Waals surface area contributed by atoms with Gasteiger partial charge in [-0.25, -0.2) is 9.59 Å². The molecule has 0 aromatic heterocycles. The number of amides is 3. The molecule has 33 heavy (non-hydrogen) atoms. The molecule has 2 aromatic carbocycles. The van der Waals surface area contributed by atoms with Crippen LogP contribution in [0.25, 0.3) is 0 Å². The number of carbonyl (C=O) groups excluding carboxylic acids is 3. The summed E-state index contributed by atoms with van der Waals surface area (Å²) < 4.78 is 10.3. The number of ether oxygens (including phenoxy) is 2. The van der Waals surface area contributed by atoms with Crippen molar-refractivity contribution < 1.29 is 23.9 Å². The van der Waals surface area contributed by atoms with Gasteiger partial charge in [-0.2, -0.15) is 0 Å². The molecule has 0 saturated heterocycles. The van der Waals surface area contributed by atoms with Crippen LogP contribution in [-0.4, -0.2) is 37.7 Å². The first-order valence-electron chi connectivity index (χ1n) is 10.4. The highest BCUT2D eigenvalue weighted by Gasteiger charge is 2.15. The summed E-state index contributed by atoms with van der Waals surface area (Å²) in [6.07, 6.45) is 6.41. The number of nitrogens with zero attached hydrogens (tertiary/aromatic N) is 1. The van der Waals surface area contributed by atoms with E-state index < -0.39 is 17.9 Å². The summed E-state index contributed by atoms with van der Waals surface area (Å²) >= 11 is 0. The number of nitrogens with two attached hydrogens (primary N) is 1. The number of hydrazine groups is 1. The molecule has 2 rings (SSSR count). The lowest BCUT2D eigenvalue weighted by Gasteiger charge is -2.21. The number of esters is 1. The summed E-state index contributed by atoms with van der Waals surface area (Å²) in [6, 6.07) is 12.0. The van der Waals surface area contributed by atoms with Crippen molar-refractivity contribution in [2.45, 2.75) is 26.7 Å². The molecular formula is C24H28N4O5. The van der Waals surface area contributed by atoms with Crippen molar-refractivity contribution in [2.75, 3.05) is 30.1 Å². The van der Waals surface area contributed by atoms with Crippen LogP contribution in [0.5, 0.6) is 5.75 Å². The molecule has 9 nitrogen and oxygen atoms in total. The number of terminal acetylenes is 1. The minimum Gasteiger partial charge on any atom is -0.493 e. The lowest BCUT2D eigenvalue weighted by molar-refractivity contribution is -0.153. The highest BCUT2D eigenvalue weighted by atomic mass is 16.5. The van der Waals surface area contributed by atoms with Crippen molar-refractivity contribution in [1.29, 1.82) is 0 Å². The number of urea groups is 1. The molecule has 4 N–H and O–H groups in total. The van der Waals surface area contributed by atoms with Crippen LogP contribution >= 0.6 is 0 Å². The van der Waals surface area contributed by atoms with Crippen LogP contribution in [0, 0.1) is 26.2 Å². The number of unbranched alkanes of at least 4 members (excludes halogenated alkanes) is 1. The van der Waals surface area contributed by atoms with Crippen molar-refractivity contribution in [1.82, 2.24) is 5.43 Å². The molecule has 0 heterocycles. The second-order valence-electron chi connectivity index (χ2n) is 7.22. The molecule has 0 aliphatic rings. The van der Waals surface area contributed by atoms with Gasteiger partial charge in [0.2, 0.25) is 0 Å². The SMILES string of the molecule is C#CCOC(=O)C(=O)NNc1ccc(N(CCCCOc2ccc(C)cc2C)C(N)=O)cc1. The monoisotopic (exact) mass is 452 g/mol. The van der Waals surface area contributed by atoms with Gasteiger partial charge >= 0.3 is 17.9 Å². The maximum atomic E-state index is 11.9. The molecule has 0 aliphatic heterocycles.